The zero-order valence-electron chi connectivity index (χ0n) is 30.5. The molecule has 0 bridgehead atoms. The predicted molar refractivity (Wildman–Crippen MR) is 190 cm³/mol. The number of amides is 1. The summed E-state index contributed by atoms with van der Waals surface area (Å²) in [6.45, 7) is 0.768. The van der Waals surface area contributed by atoms with Crippen LogP contribution in [-0.4, -0.2) is 118 Å². The predicted octanol–water partition coefficient (Wildman–Crippen LogP) is 2.50. The molecule has 22 nitrogen and oxygen atoms in total. The van der Waals surface area contributed by atoms with Crippen molar-refractivity contribution in [2.75, 3.05) is 13.2 Å². The van der Waals surface area contributed by atoms with Gasteiger partial charge in [0.05, 0.1) is 19.3 Å². The number of carboxylic acids is 1. The van der Waals surface area contributed by atoms with E-state index >= 15 is 0 Å². The average molecular weight is 880 g/mol. The van der Waals surface area contributed by atoms with Gasteiger partial charge in [-0.1, -0.05) is 76.9 Å². The Labute approximate surface area is 322 Å². The van der Waals surface area contributed by atoms with Crippen molar-refractivity contribution in [3.8, 4) is 0 Å². The monoisotopic (exact) mass is 879 g/mol. The van der Waals surface area contributed by atoms with E-state index in [-0.39, 0.29) is 6.42 Å². The van der Waals surface area contributed by atoms with E-state index in [2.05, 4.69) is 35.8 Å². The van der Waals surface area contributed by atoms with Crippen molar-refractivity contribution in [2.24, 2.45) is 0 Å². The molecule has 0 aromatic heterocycles. The number of hydrogen-bond acceptors (Lipinski definition) is 16. The van der Waals surface area contributed by atoms with Crippen LogP contribution >= 0.6 is 0 Å². The first-order valence-corrected chi connectivity index (χ1v) is 22.9. The molecular weight excluding hydrogens is 827 g/mol. The maximum atomic E-state index is 12.7. The van der Waals surface area contributed by atoms with E-state index in [1.807, 2.05) is 5.32 Å². The van der Waals surface area contributed by atoms with Crippen LogP contribution < -0.4 is 5.32 Å². The minimum Gasteiger partial charge on any atom is -0.477 e. The van der Waals surface area contributed by atoms with Crippen LogP contribution in [0.2, 0.25) is 0 Å². The van der Waals surface area contributed by atoms with E-state index in [4.69, 9.17) is 14.0 Å². The highest BCUT2D eigenvalue weighted by molar-refractivity contribution is 7.81. The number of carbonyl (C=O) groups excluding carboxylic acids is 1. The number of ether oxygens (including phenoxy) is 2. The van der Waals surface area contributed by atoms with Crippen molar-refractivity contribution in [3.05, 3.63) is 12.2 Å². The number of allylic oxidation sites excluding steroid dienone is 2. The molecule has 1 aliphatic heterocycles. The molecule has 0 aromatic carbocycles. The van der Waals surface area contributed by atoms with Crippen LogP contribution in [0.5, 0.6) is 0 Å². The van der Waals surface area contributed by atoms with Gasteiger partial charge < -0.3 is 19.9 Å². The molecule has 6 N–H and O–H groups in total. The summed E-state index contributed by atoms with van der Waals surface area (Å²) in [5, 5.41) is 12.3. The number of carbonyl (C=O) groups is 2. The van der Waals surface area contributed by atoms with Gasteiger partial charge in [-0.2, -0.15) is 33.7 Å². The van der Waals surface area contributed by atoms with Gasteiger partial charge in [0.2, 0.25) is 5.91 Å². The molecule has 0 radical (unpaired) electrons. The highest BCUT2D eigenvalue weighted by Gasteiger charge is 2.59. The first kappa shape index (κ1) is 51.1. The van der Waals surface area contributed by atoms with E-state index in [9.17, 15) is 62.0 Å². The van der Waals surface area contributed by atoms with Crippen LogP contribution in [0.25, 0.3) is 0 Å². The van der Waals surface area contributed by atoms with Gasteiger partial charge in [0, 0.05) is 13.3 Å². The Hall–Kier alpha value is -1.92. The normalized spacial score (nSPS) is 22.4. The Balaban J connectivity index is 3.23. The summed E-state index contributed by atoms with van der Waals surface area (Å²) in [7, 11) is -22.7. The highest BCUT2D eigenvalue weighted by Crippen LogP contribution is 2.37. The maximum Gasteiger partial charge on any atom is 0.397 e. The molecule has 0 unspecified atom stereocenters. The minimum absolute atomic E-state index is 0.182. The second kappa shape index (κ2) is 24.1. The second-order valence-electron chi connectivity index (χ2n) is 12.7. The number of hydrogen-bond donors (Lipinski definition) is 6. The fourth-order valence-electron chi connectivity index (χ4n) is 5.71. The van der Waals surface area contributed by atoms with Crippen molar-refractivity contribution in [2.45, 2.75) is 146 Å². The van der Waals surface area contributed by atoms with Crippen LogP contribution in [0.4, 0.5) is 0 Å². The molecule has 55 heavy (non-hydrogen) atoms. The molecule has 324 valence electrons. The molecule has 26 heteroatoms. The Morgan fingerprint density at radius 3 is 1.73 bits per heavy atom. The standard InChI is InChI=1S/C29H53NO21S4/c1-3-4-5-6-7-8-9-10-11-12-13-14-15-16-17-18-19-46-29(28(32)33)20-23(49-53(37,38)39)25(30-22(2)31)27(48-29)26(51-55(43,44)45)24(50-54(40,41)42)21-47-52(34,35)36/h10-11,23-27H,3-9,12-21H2,1-2H3,(H,30,31)(H,32,33)(H,34,35,36)(H,37,38,39)(H,40,41,42)(H,43,44,45)/t23-,24+,25+,26+,27+,29+/m0/s1. The molecule has 0 spiro atoms. The van der Waals surface area contributed by atoms with Crippen molar-refractivity contribution in [1.29, 1.82) is 0 Å². The van der Waals surface area contributed by atoms with E-state index in [0.29, 0.717) is 12.8 Å². The Morgan fingerprint density at radius 2 is 1.27 bits per heavy atom. The summed E-state index contributed by atoms with van der Waals surface area (Å²) in [6, 6.07) is -2.19. The topological polar surface area (TPSA) is 339 Å². The lowest BCUT2D eigenvalue weighted by Crippen LogP contribution is -2.69. The van der Waals surface area contributed by atoms with Gasteiger partial charge in [-0.05, 0) is 32.1 Å². The summed E-state index contributed by atoms with van der Waals surface area (Å²) in [5.74, 6) is -6.22. The van der Waals surface area contributed by atoms with Gasteiger partial charge in [-0.3, -0.25) is 23.0 Å². The zero-order valence-corrected chi connectivity index (χ0v) is 33.7. The Kier molecular flexibility index (Phi) is 22.4. The summed E-state index contributed by atoms with van der Waals surface area (Å²) in [6.07, 6.45) is 5.90. The largest absolute Gasteiger partial charge is 0.477 e. The van der Waals surface area contributed by atoms with Crippen LogP contribution in [0, 0.1) is 0 Å². The van der Waals surface area contributed by atoms with Crippen molar-refractivity contribution in [3.63, 3.8) is 0 Å². The first-order valence-electron chi connectivity index (χ1n) is 17.4. The molecule has 0 aromatic rings. The lowest BCUT2D eigenvalue weighted by atomic mass is 9.88. The smallest absolute Gasteiger partial charge is 0.397 e. The number of rotatable bonds is 30. The van der Waals surface area contributed by atoms with Crippen LogP contribution in [0.1, 0.15) is 110 Å². The van der Waals surface area contributed by atoms with Gasteiger partial charge >= 0.3 is 47.6 Å². The van der Waals surface area contributed by atoms with Crippen LogP contribution in [-0.2, 0) is 77.4 Å². The number of nitrogens with one attached hydrogen (secondary N) is 1. The molecule has 0 saturated carbocycles. The van der Waals surface area contributed by atoms with Gasteiger partial charge in [0.15, 0.2) is 0 Å². The van der Waals surface area contributed by atoms with E-state index in [0.717, 1.165) is 45.4 Å². The Morgan fingerprint density at radius 1 is 0.764 bits per heavy atom. The molecule has 1 fully saturated rings. The maximum absolute atomic E-state index is 12.7. The third-order valence-corrected chi connectivity index (χ3v) is 9.91. The van der Waals surface area contributed by atoms with E-state index < -0.39 is 109 Å². The van der Waals surface area contributed by atoms with Crippen LogP contribution in [0.3, 0.4) is 0 Å². The van der Waals surface area contributed by atoms with Gasteiger partial charge in [0.1, 0.15) is 24.4 Å². The van der Waals surface area contributed by atoms with Crippen LogP contribution in [0.15, 0.2) is 12.2 Å². The number of aliphatic carboxylic acids is 1. The molecule has 1 saturated heterocycles. The van der Waals surface area contributed by atoms with E-state index in [1.54, 1.807) is 0 Å². The molecule has 6 atom stereocenters. The van der Waals surface area contributed by atoms with Crippen molar-refractivity contribution in [1.82, 2.24) is 5.32 Å². The lowest BCUT2D eigenvalue weighted by Gasteiger charge is -2.47. The molecule has 1 aliphatic rings. The third-order valence-electron chi connectivity index (χ3n) is 8.03. The minimum atomic E-state index is -5.85. The van der Waals surface area contributed by atoms with Crippen molar-refractivity contribution >= 4 is 53.5 Å². The lowest BCUT2D eigenvalue weighted by molar-refractivity contribution is -0.307. The second-order valence-corrected chi connectivity index (χ2v) is 16.9. The average Bonchev–Trinajstić information content (AvgIpc) is 3.02. The summed E-state index contributed by atoms with van der Waals surface area (Å²) in [4.78, 5) is 24.9. The quantitative estimate of drug-likeness (QED) is 0.0343. The fourth-order valence-corrected chi connectivity index (χ4v) is 7.51. The van der Waals surface area contributed by atoms with Gasteiger partial charge in [0.25, 0.3) is 5.79 Å². The summed E-state index contributed by atoms with van der Waals surface area (Å²) >= 11 is 0. The van der Waals surface area contributed by atoms with Crippen molar-refractivity contribution < 1.29 is 92.8 Å². The van der Waals surface area contributed by atoms with Gasteiger partial charge in [-0.15, -0.1) is 0 Å². The summed E-state index contributed by atoms with van der Waals surface area (Å²) < 4.78 is 159. The zero-order chi connectivity index (χ0) is 41.9. The van der Waals surface area contributed by atoms with Gasteiger partial charge in [-0.25, -0.2) is 21.5 Å². The van der Waals surface area contributed by atoms with E-state index in [1.165, 1.54) is 32.1 Å². The fraction of sp³-hybridized carbons (Fsp3) is 0.862. The number of carboxylic acid groups (broad SMARTS) is 1. The SMILES string of the molecule is CCCCCCCCC=CCCCCCCCCO[C@]1(C(=O)O)C[C@H](OS(=O)(=O)O)[C@@H](NC(C)=O)[C@H]([C@H](OS(=O)(=O)O)[C@@H](COS(=O)(=O)O)OS(=O)(=O)O)O1. The number of unbranched alkanes of at least 4 members (excludes halogenated alkanes) is 12. The summed E-state index contributed by atoms with van der Waals surface area (Å²) in [5.41, 5.74) is 0. The molecular formula is C29H53NO21S4. The molecule has 0 aliphatic carbocycles. The molecule has 1 rings (SSSR count). The first-order chi connectivity index (χ1) is 25.4. The Bertz CT molecular complexity index is 1650. The molecule has 1 heterocycles. The highest BCUT2D eigenvalue weighted by atomic mass is 32.3. The third kappa shape index (κ3) is 23.2. The molecule has 1 amide bonds.